The van der Waals surface area contributed by atoms with Gasteiger partial charge >= 0.3 is 0 Å². The van der Waals surface area contributed by atoms with Gasteiger partial charge in [0.05, 0.1) is 18.2 Å². The Balaban J connectivity index is 1.37. The highest BCUT2D eigenvalue weighted by molar-refractivity contribution is 7.09. The summed E-state index contributed by atoms with van der Waals surface area (Å²) in [5.74, 6) is -2.27. The Morgan fingerprint density at radius 1 is 1.15 bits per heavy atom. The van der Waals surface area contributed by atoms with E-state index in [2.05, 4.69) is 15.6 Å². The lowest BCUT2D eigenvalue weighted by atomic mass is 9.95. The molecule has 2 amide bonds. The van der Waals surface area contributed by atoms with Crippen molar-refractivity contribution in [2.24, 2.45) is 0 Å². The maximum atomic E-state index is 13.9. The van der Waals surface area contributed by atoms with Crippen LogP contribution in [0.5, 0.6) is 0 Å². The molecule has 0 unspecified atom stereocenters. The molecule has 2 aliphatic heterocycles. The minimum atomic E-state index is -1.01. The number of thiazole rings is 1. The first-order chi connectivity index (χ1) is 19.2. The molecule has 0 saturated carbocycles. The van der Waals surface area contributed by atoms with Crippen LogP contribution < -0.4 is 10.6 Å². The van der Waals surface area contributed by atoms with Crippen LogP contribution in [-0.2, 0) is 6.42 Å². The van der Waals surface area contributed by atoms with E-state index in [0.29, 0.717) is 18.5 Å². The van der Waals surface area contributed by atoms with Crippen LogP contribution in [0.3, 0.4) is 0 Å². The van der Waals surface area contributed by atoms with Gasteiger partial charge in [0.1, 0.15) is 16.6 Å². The highest BCUT2D eigenvalue weighted by atomic mass is 35.5. The molecule has 5 rings (SSSR count). The molecule has 0 spiro atoms. The Labute approximate surface area is 240 Å². The normalized spacial score (nSPS) is 20.5. The fourth-order valence-corrected chi connectivity index (χ4v) is 6.75. The molecule has 3 N–H and O–H groups in total. The number of hydrogen-bond donors (Lipinski definition) is 3. The molecule has 3 heterocycles. The Hall–Kier alpha value is -2.92. The van der Waals surface area contributed by atoms with Gasteiger partial charge in [0, 0.05) is 45.9 Å². The number of hydrogen-bond acceptors (Lipinski definition) is 6. The van der Waals surface area contributed by atoms with Crippen molar-refractivity contribution in [2.75, 3.05) is 13.1 Å². The van der Waals surface area contributed by atoms with Crippen LogP contribution in [0.1, 0.15) is 68.7 Å². The third-order valence-corrected chi connectivity index (χ3v) is 8.74. The van der Waals surface area contributed by atoms with E-state index in [1.54, 1.807) is 4.90 Å². The first-order valence-corrected chi connectivity index (χ1v) is 14.6. The maximum absolute atomic E-state index is 13.9. The summed E-state index contributed by atoms with van der Waals surface area (Å²) in [6, 6.07) is 6.37. The Bertz CT molecular complexity index is 1380. The van der Waals surface area contributed by atoms with Crippen molar-refractivity contribution < 1.29 is 23.5 Å². The van der Waals surface area contributed by atoms with Gasteiger partial charge in [0.25, 0.3) is 11.8 Å². The van der Waals surface area contributed by atoms with Gasteiger partial charge in [-0.1, -0.05) is 11.6 Å². The zero-order valence-electron chi connectivity index (χ0n) is 22.0. The number of halogens is 3. The topological polar surface area (TPSA) is 94.6 Å². The smallest absolute Gasteiger partial charge is 0.254 e. The van der Waals surface area contributed by atoms with Crippen LogP contribution in [0, 0.1) is 18.6 Å². The number of benzene rings is 2. The summed E-state index contributed by atoms with van der Waals surface area (Å²) >= 11 is 7.89. The third kappa shape index (κ3) is 6.52. The van der Waals surface area contributed by atoms with Crippen molar-refractivity contribution in [3.05, 3.63) is 85.8 Å². The lowest BCUT2D eigenvalue weighted by Gasteiger charge is -2.29. The molecule has 3 aromatic rings. The van der Waals surface area contributed by atoms with Gasteiger partial charge in [0.15, 0.2) is 0 Å². The minimum Gasteiger partial charge on any atom is -0.389 e. The molecule has 0 aliphatic carbocycles. The molecule has 0 bridgehead atoms. The SMILES string of the molecule is Cc1csc([C@H]2CCCN2C(=O)c2cc(Cl)cc(C(=O)N[C@@H](Cc3cc(F)cc(F)c3)[C@H](O)[C@H]3CCCN3)c2)n1. The third-order valence-electron chi connectivity index (χ3n) is 7.46. The lowest BCUT2D eigenvalue weighted by Crippen LogP contribution is -2.52. The molecule has 11 heteroatoms. The molecular formula is C29H31ClF2N4O3S. The maximum Gasteiger partial charge on any atom is 0.254 e. The summed E-state index contributed by atoms with van der Waals surface area (Å²) in [5.41, 5.74) is 1.64. The molecule has 4 atom stereocenters. The highest BCUT2D eigenvalue weighted by Gasteiger charge is 2.34. The van der Waals surface area contributed by atoms with E-state index in [9.17, 15) is 23.5 Å². The Kier molecular flexibility index (Phi) is 8.80. The largest absolute Gasteiger partial charge is 0.389 e. The molecule has 2 fully saturated rings. The summed E-state index contributed by atoms with van der Waals surface area (Å²) in [5, 5.41) is 20.2. The highest BCUT2D eigenvalue weighted by Crippen LogP contribution is 2.35. The van der Waals surface area contributed by atoms with Gasteiger partial charge in [-0.3, -0.25) is 9.59 Å². The molecule has 2 aliphatic rings. The van der Waals surface area contributed by atoms with E-state index in [4.69, 9.17) is 11.6 Å². The first kappa shape index (κ1) is 28.6. The van der Waals surface area contributed by atoms with Crippen molar-refractivity contribution in [1.82, 2.24) is 20.5 Å². The number of carbonyl (C=O) groups excluding carboxylic acids is 2. The van der Waals surface area contributed by atoms with Crippen LogP contribution in [0.4, 0.5) is 8.78 Å². The zero-order valence-corrected chi connectivity index (χ0v) is 23.6. The number of aromatic nitrogens is 1. The second-order valence-electron chi connectivity index (χ2n) is 10.5. The average molecular weight is 589 g/mol. The van der Waals surface area contributed by atoms with Gasteiger partial charge in [-0.2, -0.15) is 0 Å². The van der Waals surface area contributed by atoms with Crippen LogP contribution in [-0.4, -0.2) is 58.1 Å². The second kappa shape index (κ2) is 12.3. The monoisotopic (exact) mass is 588 g/mol. The van der Waals surface area contributed by atoms with Crippen molar-refractivity contribution >= 4 is 34.8 Å². The number of rotatable bonds is 8. The number of aryl methyl sites for hydroxylation is 1. The molecule has 40 heavy (non-hydrogen) atoms. The molecule has 0 radical (unpaired) electrons. The van der Waals surface area contributed by atoms with Gasteiger partial charge in [-0.05, 0) is 81.5 Å². The van der Waals surface area contributed by atoms with Gasteiger partial charge in [0.2, 0.25) is 0 Å². The Morgan fingerprint density at radius 2 is 1.90 bits per heavy atom. The molecule has 212 valence electrons. The number of carbonyl (C=O) groups is 2. The van der Waals surface area contributed by atoms with Gasteiger partial charge in [-0.15, -0.1) is 11.3 Å². The van der Waals surface area contributed by atoms with Crippen LogP contribution in [0.25, 0.3) is 0 Å². The Morgan fingerprint density at radius 3 is 2.58 bits per heavy atom. The fourth-order valence-electron chi connectivity index (χ4n) is 5.58. The van der Waals surface area contributed by atoms with E-state index < -0.39 is 29.7 Å². The average Bonchev–Trinajstić information content (AvgIpc) is 3.68. The number of aliphatic hydroxyl groups excluding tert-OH is 1. The first-order valence-electron chi connectivity index (χ1n) is 13.4. The number of nitrogens with one attached hydrogen (secondary N) is 2. The van der Waals surface area contributed by atoms with E-state index in [-0.39, 0.29) is 40.6 Å². The van der Waals surface area contributed by atoms with Crippen LogP contribution in [0.15, 0.2) is 41.8 Å². The molecule has 1 aromatic heterocycles. The van der Waals surface area contributed by atoms with E-state index in [1.807, 2.05) is 12.3 Å². The lowest BCUT2D eigenvalue weighted by molar-refractivity contribution is 0.0733. The van der Waals surface area contributed by atoms with Crippen LogP contribution >= 0.6 is 22.9 Å². The predicted octanol–water partition coefficient (Wildman–Crippen LogP) is 4.81. The van der Waals surface area contributed by atoms with Crippen molar-refractivity contribution in [3.8, 4) is 0 Å². The van der Waals surface area contributed by atoms with Crippen LogP contribution in [0.2, 0.25) is 5.02 Å². The summed E-state index contributed by atoms with van der Waals surface area (Å²) in [4.78, 5) is 33.4. The summed E-state index contributed by atoms with van der Waals surface area (Å²) in [7, 11) is 0. The summed E-state index contributed by atoms with van der Waals surface area (Å²) in [6.45, 7) is 3.22. The summed E-state index contributed by atoms with van der Waals surface area (Å²) in [6.07, 6.45) is 2.23. The van der Waals surface area contributed by atoms with Gasteiger partial charge in [-0.25, -0.2) is 13.8 Å². The number of amides is 2. The molecule has 2 saturated heterocycles. The van der Waals surface area contributed by atoms with E-state index in [0.717, 1.165) is 42.6 Å². The zero-order chi connectivity index (χ0) is 28.4. The quantitative estimate of drug-likeness (QED) is 0.351. The number of likely N-dealkylation sites (tertiary alicyclic amines) is 1. The van der Waals surface area contributed by atoms with E-state index >= 15 is 0 Å². The van der Waals surface area contributed by atoms with Gasteiger partial charge < -0.3 is 20.6 Å². The summed E-state index contributed by atoms with van der Waals surface area (Å²) < 4.78 is 27.8. The predicted molar refractivity (Wildman–Crippen MR) is 150 cm³/mol. The van der Waals surface area contributed by atoms with Crippen molar-refractivity contribution in [2.45, 2.75) is 63.3 Å². The number of nitrogens with zero attached hydrogens (tertiary/aromatic N) is 2. The number of aliphatic hydroxyl groups is 1. The van der Waals surface area contributed by atoms with Crippen molar-refractivity contribution in [3.63, 3.8) is 0 Å². The second-order valence-corrected chi connectivity index (χ2v) is 11.8. The fraction of sp³-hybridized carbons (Fsp3) is 0.414. The molecule has 2 aromatic carbocycles. The van der Waals surface area contributed by atoms with Crippen molar-refractivity contribution in [1.29, 1.82) is 0 Å². The van der Waals surface area contributed by atoms with E-state index in [1.165, 1.54) is 41.7 Å². The molecular weight excluding hydrogens is 558 g/mol. The minimum absolute atomic E-state index is 0.00874. The standard InChI is InChI=1S/C29H31ClF2N4O3S/c1-16-15-40-28(34-16)25-5-3-7-36(25)29(39)19-11-18(12-20(30)13-19)27(38)35-24(26(37)23-4-2-6-33-23)10-17-8-21(31)14-22(32)9-17/h8-9,11-15,23-26,33,37H,2-7,10H2,1H3,(H,35,38)/t23-,24+,25-,26-/m1/s1. The molecule has 7 nitrogen and oxygen atoms in total.